The molecule has 2 heteroatoms. The van der Waals surface area contributed by atoms with Crippen molar-refractivity contribution in [3.63, 3.8) is 0 Å². The van der Waals surface area contributed by atoms with Crippen LogP contribution in [0.1, 0.15) is 53.4 Å². The molecule has 1 N–H and O–H groups in total. The first kappa shape index (κ1) is 15.1. The Morgan fingerprint density at radius 3 is 2.31 bits per heavy atom. The van der Waals surface area contributed by atoms with E-state index in [1.165, 1.54) is 11.1 Å². The van der Waals surface area contributed by atoms with Crippen LogP contribution in [0.5, 0.6) is 0 Å². The number of hydrogen-bond donors (Lipinski definition) is 1. The zero-order chi connectivity index (χ0) is 12.6. The van der Waals surface area contributed by atoms with E-state index >= 15 is 0 Å². The Bertz CT molecular complexity index is 268. The van der Waals surface area contributed by atoms with Gasteiger partial charge in [-0.05, 0) is 53.4 Å². The summed E-state index contributed by atoms with van der Waals surface area (Å²) >= 11 is 0. The van der Waals surface area contributed by atoms with Crippen LogP contribution in [0.25, 0.3) is 0 Å². The highest BCUT2D eigenvalue weighted by molar-refractivity contribution is 5.61. The lowest BCUT2D eigenvalue weighted by Gasteiger charge is -2.13. The zero-order valence-electron chi connectivity index (χ0n) is 10.9. The zero-order valence-corrected chi connectivity index (χ0v) is 10.9. The predicted octanol–water partition coefficient (Wildman–Crippen LogP) is 3.41. The van der Waals surface area contributed by atoms with Crippen molar-refractivity contribution in [2.75, 3.05) is 0 Å². The van der Waals surface area contributed by atoms with Crippen LogP contribution in [0.3, 0.4) is 0 Å². The van der Waals surface area contributed by atoms with Gasteiger partial charge in [0.1, 0.15) is 5.60 Å². The second kappa shape index (κ2) is 7.39. The van der Waals surface area contributed by atoms with Crippen LogP contribution >= 0.6 is 0 Å². The van der Waals surface area contributed by atoms with Crippen LogP contribution in [0.2, 0.25) is 0 Å². The summed E-state index contributed by atoms with van der Waals surface area (Å²) in [6, 6.07) is 0. The van der Waals surface area contributed by atoms with Crippen molar-refractivity contribution in [3.05, 3.63) is 23.3 Å². The molecule has 0 spiro atoms. The van der Waals surface area contributed by atoms with Gasteiger partial charge in [0.15, 0.2) is 6.29 Å². The standard InChI is InChI=1S/C14H24O2/c1-12(2)7-5-8-13(3)9-6-10-14(4,16)11-15/h7,9,11,16H,5-6,8,10H2,1-4H3/b13-9+/t14-/m1/s1. The number of aliphatic hydroxyl groups is 1. The molecule has 16 heavy (non-hydrogen) atoms. The van der Waals surface area contributed by atoms with Gasteiger partial charge in [0.05, 0.1) is 0 Å². The van der Waals surface area contributed by atoms with E-state index in [-0.39, 0.29) is 0 Å². The molecule has 0 fully saturated rings. The summed E-state index contributed by atoms with van der Waals surface area (Å²) in [6.07, 6.45) is 8.31. The molecule has 0 amide bonds. The van der Waals surface area contributed by atoms with Crippen molar-refractivity contribution in [2.24, 2.45) is 0 Å². The van der Waals surface area contributed by atoms with E-state index < -0.39 is 5.60 Å². The number of rotatable bonds is 7. The van der Waals surface area contributed by atoms with Gasteiger partial charge < -0.3 is 9.90 Å². The van der Waals surface area contributed by atoms with Crippen LogP contribution in [0.15, 0.2) is 23.3 Å². The third-order valence-corrected chi connectivity index (χ3v) is 2.49. The maximum Gasteiger partial charge on any atom is 0.151 e. The minimum atomic E-state index is -1.17. The molecule has 0 radical (unpaired) electrons. The number of aldehydes is 1. The molecule has 0 unspecified atom stereocenters. The van der Waals surface area contributed by atoms with Gasteiger partial charge in [-0.2, -0.15) is 0 Å². The van der Waals surface area contributed by atoms with Crippen LogP contribution in [0.4, 0.5) is 0 Å². The predicted molar refractivity (Wildman–Crippen MR) is 68.3 cm³/mol. The van der Waals surface area contributed by atoms with Crippen LogP contribution in [-0.2, 0) is 4.79 Å². The normalized spacial score (nSPS) is 15.4. The summed E-state index contributed by atoms with van der Waals surface area (Å²) in [6.45, 7) is 7.83. The third-order valence-electron chi connectivity index (χ3n) is 2.49. The molecule has 0 aliphatic rings. The maximum absolute atomic E-state index is 10.5. The Morgan fingerprint density at radius 2 is 1.81 bits per heavy atom. The number of hydrogen-bond acceptors (Lipinski definition) is 2. The molecule has 0 aromatic heterocycles. The summed E-state index contributed by atoms with van der Waals surface area (Å²) < 4.78 is 0. The molecule has 0 aromatic carbocycles. The first-order chi connectivity index (χ1) is 7.37. The highest BCUT2D eigenvalue weighted by atomic mass is 16.3. The number of carbonyl (C=O) groups excluding carboxylic acids is 1. The Balaban J connectivity index is 3.88. The van der Waals surface area contributed by atoms with Gasteiger partial charge in [-0.3, -0.25) is 0 Å². The van der Waals surface area contributed by atoms with Gasteiger partial charge in [0.2, 0.25) is 0 Å². The van der Waals surface area contributed by atoms with Crippen molar-refractivity contribution in [1.29, 1.82) is 0 Å². The molecule has 0 bridgehead atoms. The van der Waals surface area contributed by atoms with Crippen LogP contribution in [-0.4, -0.2) is 17.0 Å². The number of allylic oxidation sites excluding steroid dienone is 4. The van der Waals surface area contributed by atoms with Gasteiger partial charge in [-0.1, -0.05) is 23.3 Å². The van der Waals surface area contributed by atoms with Gasteiger partial charge in [-0.25, -0.2) is 0 Å². The van der Waals surface area contributed by atoms with Crippen molar-refractivity contribution in [2.45, 2.75) is 59.0 Å². The van der Waals surface area contributed by atoms with E-state index in [2.05, 4.69) is 32.9 Å². The lowest BCUT2D eigenvalue weighted by molar-refractivity contribution is -0.122. The summed E-state index contributed by atoms with van der Waals surface area (Å²) in [5.74, 6) is 0. The Morgan fingerprint density at radius 1 is 1.19 bits per heavy atom. The average Bonchev–Trinajstić information content (AvgIpc) is 2.17. The van der Waals surface area contributed by atoms with E-state index in [0.717, 1.165) is 19.3 Å². The fourth-order valence-corrected chi connectivity index (χ4v) is 1.36. The molecule has 92 valence electrons. The lowest BCUT2D eigenvalue weighted by Crippen LogP contribution is -2.25. The average molecular weight is 224 g/mol. The largest absolute Gasteiger partial charge is 0.383 e. The lowest BCUT2D eigenvalue weighted by atomic mass is 10.0. The van der Waals surface area contributed by atoms with Crippen molar-refractivity contribution in [1.82, 2.24) is 0 Å². The fourth-order valence-electron chi connectivity index (χ4n) is 1.36. The molecule has 0 aliphatic carbocycles. The van der Waals surface area contributed by atoms with Gasteiger partial charge in [0.25, 0.3) is 0 Å². The first-order valence-corrected chi connectivity index (χ1v) is 5.85. The molecule has 1 atom stereocenters. The minimum absolute atomic E-state index is 0.497. The monoisotopic (exact) mass is 224 g/mol. The molecule has 0 saturated heterocycles. The molecular formula is C14H24O2. The van der Waals surface area contributed by atoms with E-state index in [9.17, 15) is 9.90 Å². The SMILES string of the molecule is CC(C)=CCC/C(C)=C/CC[C@@](C)(O)C=O. The third kappa shape index (κ3) is 8.42. The Labute approximate surface area is 99.1 Å². The van der Waals surface area contributed by atoms with E-state index in [1.54, 1.807) is 6.92 Å². The minimum Gasteiger partial charge on any atom is -0.383 e. The molecule has 0 aliphatic heterocycles. The van der Waals surface area contributed by atoms with E-state index in [4.69, 9.17) is 0 Å². The Hall–Kier alpha value is -0.890. The van der Waals surface area contributed by atoms with Gasteiger partial charge >= 0.3 is 0 Å². The van der Waals surface area contributed by atoms with Crippen molar-refractivity contribution in [3.8, 4) is 0 Å². The summed E-state index contributed by atoms with van der Waals surface area (Å²) in [5, 5.41) is 9.48. The highest BCUT2D eigenvalue weighted by Gasteiger charge is 2.16. The molecule has 0 heterocycles. The van der Waals surface area contributed by atoms with Crippen LogP contribution < -0.4 is 0 Å². The molecule has 0 rings (SSSR count). The molecule has 0 saturated carbocycles. The van der Waals surface area contributed by atoms with Crippen LogP contribution in [0, 0.1) is 0 Å². The fraction of sp³-hybridized carbons (Fsp3) is 0.643. The summed E-state index contributed by atoms with van der Waals surface area (Å²) in [4.78, 5) is 10.5. The first-order valence-electron chi connectivity index (χ1n) is 5.85. The van der Waals surface area contributed by atoms with E-state index in [0.29, 0.717) is 12.7 Å². The maximum atomic E-state index is 10.5. The second-order valence-electron chi connectivity index (χ2n) is 4.88. The van der Waals surface area contributed by atoms with Crippen molar-refractivity contribution >= 4 is 6.29 Å². The molecule has 0 aromatic rings. The highest BCUT2D eigenvalue weighted by Crippen LogP contribution is 2.13. The topological polar surface area (TPSA) is 37.3 Å². The quantitative estimate of drug-likeness (QED) is 0.531. The summed E-state index contributed by atoms with van der Waals surface area (Å²) in [5.41, 5.74) is 1.49. The number of carbonyl (C=O) groups is 1. The summed E-state index contributed by atoms with van der Waals surface area (Å²) in [7, 11) is 0. The van der Waals surface area contributed by atoms with Gasteiger partial charge in [-0.15, -0.1) is 0 Å². The van der Waals surface area contributed by atoms with E-state index in [1.807, 2.05) is 0 Å². The second-order valence-corrected chi connectivity index (χ2v) is 4.88. The van der Waals surface area contributed by atoms with Gasteiger partial charge in [0, 0.05) is 0 Å². The molecule has 2 nitrogen and oxygen atoms in total. The molecular weight excluding hydrogens is 200 g/mol. The van der Waals surface area contributed by atoms with Crippen molar-refractivity contribution < 1.29 is 9.90 Å². The smallest absolute Gasteiger partial charge is 0.151 e. The Kier molecular flexibility index (Phi) is 6.98.